The van der Waals surface area contributed by atoms with E-state index in [0.29, 0.717) is 5.69 Å². The predicted molar refractivity (Wildman–Crippen MR) is 114 cm³/mol. The molecule has 10 heteroatoms. The van der Waals surface area contributed by atoms with Crippen molar-refractivity contribution in [2.24, 2.45) is 10.9 Å². The molecule has 1 saturated heterocycles. The summed E-state index contributed by atoms with van der Waals surface area (Å²) in [5, 5.41) is 26.0. The quantitative estimate of drug-likeness (QED) is 0.525. The second-order valence-electron chi connectivity index (χ2n) is 7.57. The molecule has 2 aliphatic rings. The van der Waals surface area contributed by atoms with Crippen LogP contribution in [0.4, 0.5) is 14.9 Å². The second kappa shape index (κ2) is 8.83. The van der Waals surface area contributed by atoms with E-state index in [4.69, 9.17) is 4.74 Å². The van der Waals surface area contributed by atoms with Gasteiger partial charge >= 0.3 is 12.1 Å². The maximum atomic E-state index is 13.8. The fourth-order valence-electron chi connectivity index (χ4n) is 3.99. The van der Waals surface area contributed by atoms with Crippen LogP contribution in [-0.2, 0) is 9.53 Å². The molecule has 32 heavy (non-hydrogen) atoms. The highest BCUT2D eigenvalue weighted by atomic mass is 19.1. The lowest BCUT2D eigenvalue weighted by Crippen LogP contribution is -2.43. The van der Waals surface area contributed by atoms with Crippen molar-refractivity contribution in [1.29, 1.82) is 0 Å². The Morgan fingerprint density at radius 2 is 2.06 bits per heavy atom. The average molecular weight is 442 g/mol. The lowest BCUT2D eigenvalue weighted by atomic mass is 10.0. The van der Waals surface area contributed by atoms with E-state index in [1.54, 1.807) is 6.92 Å². The summed E-state index contributed by atoms with van der Waals surface area (Å²) in [6, 6.07) is 10.3. The van der Waals surface area contributed by atoms with E-state index >= 15 is 0 Å². The topological polar surface area (TPSA) is 123 Å². The van der Waals surface area contributed by atoms with Gasteiger partial charge in [0.1, 0.15) is 23.6 Å². The summed E-state index contributed by atoms with van der Waals surface area (Å²) in [5.74, 6) is -1.60. The number of amides is 1. The van der Waals surface area contributed by atoms with Gasteiger partial charge in [-0.3, -0.25) is 10.1 Å². The van der Waals surface area contributed by atoms with Crippen molar-refractivity contribution in [1.82, 2.24) is 10.2 Å². The highest BCUT2D eigenvalue weighted by molar-refractivity contribution is 6.11. The van der Waals surface area contributed by atoms with Gasteiger partial charge in [-0.1, -0.05) is 18.2 Å². The number of nitrogens with zero attached hydrogens (tertiary/aromatic N) is 2. The number of carbonyl (C=O) groups is 2. The van der Waals surface area contributed by atoms with E-state index in [2.05, 4.69) is 15.6 Å². The molecule has 3 atom stereocenters. The third-order valence-corrected chi connectivity index (χ3v) is 5.53. The zero-order chi connectivity index (χ0) is 22.8. The zero-order valence-electron chi connectivity index (χ0n) is 17.3. The molecule has 9 nitrogen and oxygen atoms in total. The number of carbonyl (C=O) groups excluding carboxylic acids is 1. The monoisotopic (exact) mass is 442 g/mol. The van der Waals surface area contributed by atoms with E-state index in [1.165, 1.54) is 12.1 Å². The number of phenolic OH excluding ortho intramolecular Hbond substituents is 1. The number of hydrogen-bond donors (Lipinski definition) is 4. The molecule has 2 heterocycles. The van der Waals surface area contributed by atoms with Crippen molar-refractivity contribution in [3.05, 3.63) is 59.4 Å². The summed E-state index contributed by atoms with van der Waals surface area (Å²) >= 11 is 0. The summed E-state index contributed by atoms with van der Waals surface area (Å²) in [6.07, 6.45) is -1.79. The number of phenols is 1. The summed E-state index contributed by atoms with van der Waals surface area (Å²) < 4.78 is 19.0. The van der Waals surface area contributed by atoms with Crippen LogP contribution in [0.3, 0.4) is 0 Å². The minimum atomic E-state index is -1.12. The standard InChI is InChI=1S/C22H23FN4O5/c1-2-32-21(29)15-10-27(22(30)31)11-17(15)25-19-13-5-3-4-6-16(13)24-20(26-19)14-9-12(23)7-8-18(14)28/h3-9,15,17,19,25,28H,2,10-11H2,1H3,(H,24,26)(H,30,31). The molecule has 0 bridgehead atoms. The molecule has 4 rings (SSSR count). The minimum absolute atomic E-state index is 0.0136. The molecule has 0 aliphatic carbocycles. The molecule has 2 aromatic carbocycles. The number of benzene rings is 2. The van der Waals surface area contributed by atoms with E-state index in [9.17, 15) is 24.2 Å². The summed E-state index contributed by atoms with van der Waals surface area (Å²) in [6.45, 7) is 1.97. The van der Waals surface area contributed by atoms with E-state index in [1.807, 2.05) is 24.3 Å². The number of hydrogen-bond acceptors (Lipinski definition) is 7. The van der Waals surface area contributed by atoms with Crippen molar-refractivity contribution in [3.63, 3.8) is 0 Å². The molecular formula is C22H23FN4O5. The zero-order valence-corrected chi connectivity index (χ0v) is 17.3. The van der Waals surface area contributed by atoms with Crippen LogP contribution < -0.4 is 10.6 Å². The fourth-order valence-corrected chi connectivity index (χ4v) is 3.99. The Kier molecular flexibility index (Phi) is 5.95. The SMILES string of the molecule is CCOC(=O)C1CN(C(=O)O)CC1NC1N=C(c2cc(F)ccc2O)Nc2ccccc21. The first kappa shape index (κ1) is 21.6. The molecule has 2 aromatic rings. The number of esters is 1. The Morgan fingerprint density at radius 1 is 1.28 bits per heavy atom. The van der Waals surface area contributed by atoms with Gasteiger partial charge in [-0.15, -0.1) is 0 Å². The molecule has 0 radical (unpaired) electrons. The number of rotatable bonds is 5. The number of halogens is 1. The maximum Gasteiger partial charge on any atom is 0.407 e. The third-order valence-electron chi connectivity index (χ3n) is 5.53. The van der Waals surface area contributed by atoms with Crippen LogP contribution in [0.5, 0.6) is 5.75 Å². The van der Waals surface area contributed by atoms with Crippen LogP contribution in [0.15, 0.2) is 47.5 Å². The van der Waals surface area contributed by atoms with Gasteiger partial charge in [0.25, 0.3) is 0 Å². The molecule has 1 fully saturated rings. The van der Waals surface area contributed by atoms with Crippen molar-refractivity contribution < 1.29 is 28.9 Å². The van der Waals surface area contributed by atoms with Crippen LogP contribution in [-0.4, -0.2) is 58.7 Å². The number of para-hydroxylation sites is 1. The normalized spacial score (nSPS) is 22.0. The average Bonchev–Trinajstić information content (AvgIpc) is 3.20. The number of ether oxygens (including phenoxy) is 1. The van der Waals surface area contributed by atoms with Gasteiger partial charge in [0.05, 0.1) is 18.1 Å². The van der Waals surface area contributed by atoms with Crippen molar-refractivity contribution in [2.75, 3.05) is 25.0 Å². The predicted octanol–water partition coefficient (Wildman–Crippen LogP) is 2.53. The number of aliphatic imine (C=N–C) groups is 1. The lowest BCUT2D eigenvalue weighted by Gasteiger charge is -2.29. The van der Waals surface area contributed by atoms with Crippen molar-refractivity contribution in [2.45, 2.75) is 19.1 Å². The molecule has 3 unspecified atom stereocenters. The number of anilines is 1. The number of amidine groups is 1. The van der Waals surface area contributed by atoms with Gasteiger partial charge in [0.15, 0.2) is 0 Å². The van der Waals surface area contributed by atoms with Gasteiger partial charge in [-0.05, 0) is 31.2 Å². The van der Waals surface area contributed by atoms with Crippen LogP contribution >= 0.6 is 0 Å². The van der Waals surface area contributed by atoms with Gasteiger partial charge in [-0.25, -0.2) is 14.2 Å². The molecule has 0 aromatic heterocycles. The van der Waals surface area contributed by atoms with Gasteiger partial charge in [0, 0.05) is 30.4 Å². The Morgan fingerprint density at radius 3 is 2.81 bits per heavy atom. The Labute approximate surface area is 183 Å². The molecule has 0 spiro atoms. The van der Waals surface area contributed by atoms with Gasteiger partial charge in [-0.2, -0.15) is 0 Å². The second-order valence-corrected chi connectivity index (χ2v) is 7.57. The molecular weight excluding hydrogens is 419 g/mol. The first-order valence-corrected chi connectivity index (χ1v) is 10.2. The van der Waals surface area contributed by atoms with Crippen molar-refractivity contribution in [3.8, 4) is 5.75 Å². The highest BCUT2D eigenvalue weighted by Gasteiger charge is 2.42. The first-order valence-electron chi connectivity index (χ1n) is 10.2. The molecule has 4 N–H and O–H groups in total. The number of likely N-dealkylation sites (tertiary alicyclic amines) is 1. The molecule has 0 saturated carbocycles. The summed E-state index contributed by atoms with van der Waals surface area (Å²) in [7, 11) is 0. The van der Waals surface area contributed by atoms with Crippen LogP contribution in [0.2, 0.25) is 0 Å². The lowest BCUT2D eigenvalue weighted by molar-refractivity contribution is -0.148. The Bertz CT molecular complexity index is 1080. The minimum Gasteiger partial charge on any atom is -0.507 e. The van der Waals surface area contributed by atoms with Crippen LogP contribution in [0.25, 0.3) is 0 Å². The smallest absolute Gasteiger partial charge is 0.407 e. The highest BCUT2D eigenvalue weighted by Crippen LogP contribution is 2.33. The Hall–Kier alpha value is -3.66. The Balaban J connectivity index is 1.68. The van der Waals surface area contributed by atoms with Gasteiger partial charge < -0.3 is 25.2 Å². The van der Waals surface area contributed by atoms with Crippen molar-refractivity contribution >= 4 is 23.6 Å². The maximum absolute atomic E-state index is 13.8. The van der Waals surface area contributed by atoms with Crippen LogP contribution in [0.1, 0.15) is 24.2 Å². The van der Waals surface area contributed by atoms with E-state index in [0.717, 1.165) is 16.5 Å². The van der Waals surface area contributed by atoms with E-state index < -0.39 is 36.0 Å². The number of fused-ring (bicyclic) bond motifs is 1. The largest absolute Gasteiger partial charge is 0.507 e. The molecule has 1 amide bonds. The molecule has 168 valence electrons. The van der Waals surface area contributed by atoms with Crippen LogP contribution in [0, 0.1) is 11.7 Å². The summed E-state index contributed by atoms with van der Waals surface area (Å²) in [4.78, 5) is 29.8. The first-order chi connectivity index (χ1) is 15.4. The number of nitrogens with one attached hydrogen (secondary N) is 2. The number of aromatic hydroxyl groups is 1. The van der Waals surface area contributed by atoms with Gasteiger partial charge in [0.2, 0.25) is 0 Å². The summed E-state index contributed by atoms with van der Waals surface area (Å²) in [5.41, 5.74) is 1.65. The third kappa shape index (κ3) is 4.22. The fraction of sp³-hybridized carbons (Fsp3) is 0.318. The molecule has 2 aliphatic heterocycles. The number of carboxylic acid groups (broad SMARTS) is 1. The van der Waals surface area contributed by atoms with E-state index in [-0.39, 0.29) is 36.8 Å².